The zero-order chi connectivity index (χ0) is 13.0. The van der Waals surface area contributed by atoms with E-state index in [0.717, 1.165) is 17.0 Å². The van der Waals surface area contributed by atoms with E-state index < -0.39 is 4.92 Å². The fourth-order valence-corrected chi connectivity index (χ4v) is 1.92. The minimum atomic E-state index is -0.467. The Morgan fingerprint density at radius 3 is 3.11 bits per heavy atom. The van der Waals surface area contributed by atoms with E-state index >= 15 is 0 Å². The van der Waals surface area contributed by atoms with Crippen LogP contribution in [0.4, 0.5) is 15.8 Å². The molecule has 1 N–H and O–H groups in total. The molecule has 0 amide bonds. The Bertz CT molecular complexity index is 538. The largest absolute Gasteiger partial charge is 0.383 e. The lowest BCUT2D eigenvalue weighted by Crippen LogP contribution is -2.03. The summed E-state index contributed by atoms with van der Waals surface area (Å²) in [5.74, 6) is 0. The van der Waals surface area contributed by atoms with Crippen LogP contribution >= 0.6 is 11.3 Å². The number of hydrogen-bond acceptors (Lipinski definition) is 7. The summed E-state index contributed by atoms with van der Waals surface area (Å²) in [6.07, 6.45) is 4.64. The zero-order valence-corrected chi connectivity index (χ0v) is 10.4. The Balaban J connectivity index is 1.99. The van der Waals surface area contributed by atoms with Gasteiger partial charge in [-0.3, -0.25) is 14.8 Å². The highest BCUT2D eigenvalue weighted by Gasteiger charge is 2.11. The predicted molar refractivity (Wildman–Crippen MR) is 66.2 cm³/mol. The normalized spacial score (nSPS) is 10.5. The number of ether oxygens (including phenoxy) is 1. The number of thiazole rings is 1. The standard InChI is InChI=1S/C9H11N5O3S/c1-17-3-2-13-6-7(4-11-13)12-9-10-5-8(18-9)14(15)16/h4-6H,2-3H2,1H3,(H,10,12). The van der Waals surface area contributed by atoms with Crippen molar-refractivity contribution in [2.75, 3.05) is 19.0 Å². The highest BCUT2D eigenvalue weighted by Crippen LogP contribution is 2.27. The Morgan fingerprint density at radius 1 is 1.61 bits per heavy atom. The SMILES string of the molecule is COCCn1cc(Nc2ncc([N+](=O)[O-])s2)cn1. The van der Waals surface area contributed by atoms with Crippen molar-refractivity contribution in [3.63, 3.8) is 0 Å². The molecule has 0 spiro atoms. The van der Waals surface area contributed by atoms with Gasteiger partial charge >= 0.3 is 5.00 Å². The van der Waals surface area contributed by atoms with Crippen LogP contribution in [0, 0.1) is 10.1 Å². The molecule has 0 atom stereocenters. The monoisotopic (exact) mass is 269 g/mol. The van der Waals surface area contributed by atoms with Crippen molar-refractivity contribution in [1.82, 2.24) is 14.8 Å². The van der Waals surface area contributed by atoms with E-state index in [1.807, 2.05) is 0 Å². The first kappa shape index (κ1) is 12.5. The lowest BCUT2D eigenvalue weighted by Gasteiger charge is -1.98. The van der Waals surface area contributed by atoms with E-state index in [1.54, 1.807) is 24.2 Å². The van der Waals surface area contributed by atoms with Gasteiger partial charge in [0.1, 0.15) is 6.20 Å². The van der Waals surface area contributed by atoms with E-state index in [-0.39, 0.29) is 5.00 Å². The lowest BCUT2D eigenvalue weighted by atomic mass is 10.6. The molecule has 0 aliphatic carbocycles. The number of aromatic nitrogens is 3. The van der Waals surface area contributed by atoms with E-state index in [9.17, 15) is 10.1 Å². The molecule has 0 radical (unpaired) electrons. The van der Waals surface area contributed by atoms with Gasteiger partial charge in [0.15, 0.2) is 5.13 Å². The van der Waals surface area contributed by atoms with Gasteiger partial charge in [0.2, 0.25) is 0 Å². The van der Waals surface area contributed by atoms with Gasteiger partial charge in [-0.1, -0.05) is 0 Å². The first-order valence-electron chi connectivity index (χ1n) is 5.07. The van der Waals surface area contributed by atoms with Crippen LogP contribution in [0.5, 0.6) is 0 Å². The van der Waals surface area contributed by atoms with Crippen molar-refractivity contribution in [3.05, 3.63) is 28.7 Å². The van der Waals surface area contributed by atoms with Gasteiger partial charge < -0.3 is 10.1 Å². The molecule has 0 saturated carbocycles. The van der Waals surface area contributed by atoms with Crippen LogP contribution in [0.25, 0.3) is 0 Å². The van der Waals surface area contributed by atoms with Crippen LogP contribution < -0.4 is 5.32 Å². The van der Waals surface area contributed by atoms with Crippen LogP contribution in [-0.2, 0) is 11.3 Å². The lowest BCUT2D eigenvalue weighted by molar-refractivity contribution is -0.380. The Morgan fingerprint density at radius 2 is 2.44 bits per heavy atom. The van der Waals surface area contributed by atoms with Crippen LogP contribution in [0.2, 0.25) is 0 Å². The molecule has 8 nitrogen and oxygen atoms in total. The molecule has 2 rings (SSSR count). The second-order valence-electron chi connectivity index (χ2n) is 3.37. The molecule has 0 unspecified atom stereocenters. The molecule has 2 aromatic heterocycles. The van der Waals surface area contributed by atoms with E-state index in [2.05, 4.69) is 15.4 Å². The van der Waals surface area contributed by atoms with Crippen molar-refractivity contribution < 1.29 is 9.66 Å². The highest BCUT2D eigenvalue weighted by molar-refractivity contribution is 7.18. The second kappa shape index (κ2) is 5.56. The number of rotatable bonds is 6. The average Bonchev–Trinajstić information content (AvgIpc) is 2.96. The van der Waals surface area contributed by atoms with Gasteiger partial charge in [0, 0.05) is 13.3 Å². The topological polar surface area (TPSA) is 95.1 Å². The quantitative estimate of drug-likeness (QED) is 0.632. The molecule has 0 aliphatic rings. The average molecular weight is 269 g/mol. The third kappa shape index (κ3) is 3.02. The van der Waals surface area contributed by atoms with Gasteiger partial charge in [-0.25, -0.2) is 4.98 Å². The maximum Gasteiger partial charge on any atom is 0.345 e. The van der Waals surface area contributed by atoms with Gasteiger partial charge in [-0.15, -0.1) is 0 Å². The fraction of sp³-hybridized carbons (Fsp3) is 0.333. The van der Waals surface area contributed by atoms with Crippen LogP contribution in [-0.4, -0.2) is 33.4 Å². The zero-order valence-electron chi connectivity index (χ0n) is 9.57. The van der Waals surface area contributed by atoms with Gasteiger partial charge in [0.25, 0.3) is 0 Å². The maximum absolute atomic E-state index is 10.5. The third-order valence-corrected chi connectivity index (χ3v) is 2.95. The van der Waals surface area contributed by atoms with Crippen molar-refractivity contribution in [1.29, 1.82) is 0 Å². The van der Waals surface area contributed by atoms with Crippen molar-refractivity contribution in [2.45, 2.75) is 6.54 Å². The minimum absolute atomic E-state index is 0.00396. The van der Waals surface area contributed by atoms with Gasteiger partial charge in [0.05, 0.1) is 30.0 Å². The molecule has 0 aromatic carbocycles. The van der Waals surface area contributed by atoms with Crippen LogP contribution in [0.15, 0.2) is 18.6 Å². The van der Waals surface area contributed by atoms with Gasteiger partial charge in [-0.05, 0) is 11.3 Å². The Hall–Kier alpha value is -2.00. The van der Waals surface area contributed by atoms with Crippen molar-refractivity contribution >= 4 is 27.2 Å². The Labute approximate surface area is 106 Å². The van der Waals surface area contributed by atoms with Gasteiger partial charge in [-0.2, -0.15) is 5.10 Å². The number of nitrogens with one attached hydrogen (secondary N) is 1. The number of anilines is 2. The van der Waals surface area contributed by atoms with Crippen molar-refractivity contribution in [2.24, 2.45) is 0 Å². The second-order valence-corrected chi connectivity index (χ2v) is 4.38. The molecule has 0 saturated heterocycles. The molecule has 96 valence electrons. The first-order chi connectivity index (χ1) is 8.69. The first-order valence-corrected chi connectivity index (χ1v) is 5.89. The number of nitrogens with zero attached hydrogens (tertiary/aromatic N) is 4. The fourth-order valence-electron chi connectivity index (χ4n) is 1.27. The summed E-state index contributed by atoms with van der Waals surface area (Å²) in [4.78, 5) is 13.9. The summed E-state index contributed by atoms with van der Waals surface area (Å²) in [7, 11) is 1.62. The van der Waals surface area contributed by atoms with E-state index in [1.165, 1.54) is 6.20 Å². The summed E-state index contributed by atoms with van der Waals surface area (Å²) in [5.41, 5.74) is 0.732. The minimum Gasteiger partial charge on any atom is -0.383 e. The summed E-state index contributed by atoms with van der Waals surface area (Å²) in [6, 6.07) is 0. The maximum atomic E-state index is 10.5. The third-order valence-electron chi connectivity index (χ3n) is 2.08. The van der Waals surface area contributed by atoms with E-state index in [0.29, 0.717) is 18.3 Å². The summed E-state index contributed by atoms with van der Waals surface area (Å²) in [5, 5.41) is 18.0. The predicted octanol–water partition coefficient (Wildman–Crippen LogP) is 1.64. The highest BCUT2D eigenvalue weighted by atomic mass is 32.1. The molecule has 18 heavy (non-hydrogen) atoms. The van der Waals surface area contributed by atoms with Crippen molar-refractivity contribution in [3.8, 4) is 0 Å². The molecule has 0 fully saturated rings. The smallest absolute Gasteiger partial charge is 0.345 e. The number of methoxy groups -OCH3 is 1. The summed E-state index contributed by atoms with van der Waals surface area (Å²) in [6.45, 7) is 1.22. The summed E-state index contributed by atoms with van der Waals surface area (Å²) < 4.78 is 6.65. The molecule has 0 aliphatic heterocycles. The van der Waals surface area contributed by atoms with Crippen LogP contribution in [0.1, 0.15) is 0 Å². The molecular weight excluding hydrogens is 258 g/mol. The molecule has 2 aromatic rings. The summed E-state index contributed by atoms with van der Waals surface area (Å²) >= 11 is 0.980. The number of hydrogen-bond donors (Lipinski definition) is 1. The Kier molecular flexibility index (Phi) is 3.85. The molecule has 9 heteroatoms. The molecule has 2 heterocycles. The number of nitro groups is 1. The molecule has 0 bridgehead atoms. The van der Waals surface area contributed by atoms with Crippen LogP contribution in [0.3, 0.4) is 0 Å². The molecular formula is C9H11N5O3S. The van der Waals surface area contributed by atoms with E-state index in [4.69, 9.17) is 4.74 Å².